The number of halogens is 10. The fourth-order valence-electron chi connectivity index (χ4n) is 2.70. The summed E-state index contributed by atoms with van der Waals surface area (Å²) in [5.41, 5.74) is -16.8. The van der Waals surface area contributed by atoms with Gasteiger partial charge >= 0.3 is 24.2 Å². The molecule has 15 heteroatoms. The maximum atomic E-state index is 14.4. The molecule has 0 saturated heterocycles. The summed E-state index contributed by atoms with van der Waals surface area (Å²) >= 11 is 0. The summed E-state index contributed by atoms with van der Waals surface area (Å²) in [6.45, 7) is 0. The largest absolute Gasteiger partial charge is 0.436 e. The van der Waals surface area contributed by atoms with Crippen molar-refractivity contribution in [2.75, 3.05) is 5.32 Å². The third-order valence-electron chi connectivity index (χ3n) is 4.08. The predicted molar refractivity (Wildman–Crippen MR) is 87.4 cm³/mol. The molecule has 0 fully saturated rings. The Morgan fingerprint density at radius 1 is 0.812 bits per heavy atom. The molecule has 0 bridgehead atoms. The van der Waals surface area contributed by atoms with Gasteiger partial charge in [0.25, 0.3) is 11.6 Å². The molecule has 1 N–H and O–H groups in total. The molecule has 0 saturated carbocycles. The number of alkyl halides is 10. The first-order valence-corrected chi connectivity index (χ1v) is 8.00. The minimum Gasteiger partial charge on any atom is -0.321 e. The second kappa shape index (κ2) is 7.94. The Morgan fingerprint density at radius 2 is 1.31 bits per heavy atom. The van der Waals surface area contributed by atoms with E-state index in [-0.39, 0.29) is 11.6 Å². The monoisotopic (exact) mass is 478 g/mol. The SMILES string of the molecule is O=C(Nc1ccc(C(F)(C(F)(F)F)C(F)(F)F)c([N+](=O)[O-])c1C(F)(F)F)c1ccccc1. The average molecular weight is 478 g/mol. The van der Waals surface area contributed by atoms with Crippen LogP contribution in [0.5, 0.6) is 0 Å². The van der Waals surface area contributed by atoms with E-state index in [0.29, 0.717) is 0 Å². The second-order valence-electron chi connectivity index (χ2n) is 6.11. The summed E-state index contributed by atoms with van der Waals surface area (Å²) in [7, 11) is 0. The molecule has 0 aliphatic heterocycles. The summed E-state index contributed by atoms with van der Waals surface area (Å²) < 4.78 is 133. The quantitative estimate of drug-likeness (QED) is 0.325. The van der Waals surface area contributed by atoms with Crippen molar-refractivity contribution in [3.8, 4) is 0 Å². The van der Waals surface area contributed by atoms with Gasteiger partial charge in [-0.1, -0.05) is 18.2 Å². The lowest BCUT2D eigenvalue weighted by Gasteiger charge is -2.30. The van der Waals surface area contributed by atoms with E-state index in [1.165, 1.54) is 23.5 Å². The van der Waals surface area contributed by atoms with Gasteiger partial charge in [0.15, 0.2) is 5.56 Å². The molecule has 174 valence electrons. The molecule has 0 aliphatic rings. The van der Waals surface area contributed by atoms with Crippen LogP contribution in [0.1, 0.15) is 21.5 Å². The molecular formula is C17H8F10N2O3. The highest BCUT2D eigenvalue weighted by atomic mass is 19.4. The number of carbonyl (C=O) groups is 1. The summed E-state index contributed by atoms with van der Waals surface area (Å²) in [5.74, 6) is -1.32. The number of benzene rings is 2. The zero-order chi connectivity index (χ0) is 24.7. The maximum Gasteiger partial charge on any atom is 0.436 e. The first-order valence-electron chi connectivity index (χ1n) is 8.00. The van der Waals surface area contributed by atoms with Crippen molar-refractivity contribution in [2.24, 2.45) is 0 Å². The van der Waals surface area contributed by atoms with Crippen LogP contribution in [0.15, 0.2) is 42.5 Å². The molecule has 32 heavy (non-hydrogen) atoms. The Morgan fingerprint density at radius 3 is 1.72 bits per heavy atom. The van der Waals surface area contributed by atoms with Crippen molar-refractivity contribution >= 4 is 17.3 Å². The van der Waals surface area contributed by atoms with Crippen LogP contribution < -0.4 is 5.32 Å². The lowest BCUT2D eigenvalue weighted by atomic mass is 9.89. The fourth-order valence-corrected chi connectivity index (χ4v) is 2.70. The lowest BCUT2D eigenvalue weighted by Crippen LogP contribution is -2.50. The van der Waals surface area contributed by atoms with Crippen LogP contribution in [0.25, 0.3) is 0 Å². The van der Waals surface area contributed by atoms with Crippen molar-refractivity contribution in [2.45, 2.75) is 24.2 Å². The molecule has 0 radical (unpaired) electrons. The van der Waals surface area contributed by atoms with Crippen molar-refractivity contribution in [1.82, 2.24) is 0 Å². The van der Waals surface area contributed by atoms with Crippen molar-refractivity contribution in [3.05, 3.63) is 69.3 Å². The zero-order valence-electron chi connectivity index (χ0n) is 15.0. The van der Waals surface area contributed by atoms with Gasteiger partial charge in [-0.05, 0) is 24.3 Å². The van der Waals surface area contributed by atoms with E-state index in [2.05, 4.69) is 0 Å². The molecule has 0 spiro atoms. The van der Waals surface area contributed by atoms with E-state index >= 15 is 0 Å². The Kier molecular flexibility index (Phi) is 6.18. The standard InChI is InChI=1S/C17H8F10N2O3/c18-14(16(22,23)24,17(25,26)27)9-6-7-10(11(15(19,20)21)12(9)29(31)32)28-13(30)8-4-2-1-3-5-8/h1-7H,(H,28,30). The lowest BCUT2D eigenvalue weighted by molar-refractivity contribution is -0.397. The van der Waals surface area contributed by atoms with Crippen LogP contribution in [-0.2, 0) is 11.8 Å². The molecular weight excluding hydrogens is 470 g/mol. The van der Waals surface area contributed by atoms with Crippen LogP contribution in [0.3, 0.4) is 0 Å². The Hall–Kier alpha value is -3.39. The van der Waals surface area contributed by atoms with Crippen LogP contribution in [-0.4, -0.2) is 23.2 Å². The summed E-state index contributed by atoms with van der Waals surface area (Å²) in [6.07, 6.45) is -19.8. The molecule has 0 aromatic heterocycles. The molecule has 1 amide bonds. The maximum absolute atomic E-state index is 14.4. The number of hydrogen-bond acceptors (Lipinski definition) is 3. The summed E-state index contributed by atoms with van der Waals surface area (Å²) in [5, 5.41) is 12.7. The number of anilines is 1. The highest BCUT2D eigenvalue weighted by molar-refractivity contribution is 6.05. The number of hydrogen-bond donors (Lipinski definition) is 1. The average Bonchev–Trinajstić information content (AvgIpc) is 2.64. The number of nitro benzene ring substituents is 1. The third-order valence-corrected chi connectivity index (χ3v) is 4.08. The number of amides is 1. The van der Waals surface area contributed by atoms with Crippen LogP contribution in [0.2, 0.25) is 0 Å². The third kappa shape index (κ3) is 4.31. The fraction of sp³-hybridized carbons (Fsp3) is 0.235. The van der Waals surface area contributed by atoms with E-state index in [9.17, 15) is 58.8 Å². The normalized spacial score (nSPS) is 13.1. The number of rotatable bonds is 4. The van der Waals surface area contributed by atoms with E-state index in [1.54, 1.807) is 0 Å². The highest BCUT2D eigenvalue weighted by Gasteiger charge is 2.75. The Balaban J connectivity index is 2.87. The van der Waals surface area contributed by atoms with Gasteiger partial charge in [-0.3, -0.25) is 14.9 Å². The van der Waals surface area contributed by atoms with Gasteiger partial charge in [0.2, 0.25) is 0 Å². The van der Waals surface area contributed by atoms with Crippen LogP contribution in [0.4, 0.5) is 55.3 Å². The summed E-state index contributed by atoms with van der Waals surface area (Å²) in [6, 6.07) is 5.53. The first kappa shape index (κ1) is 24.9. The van der Waals surface area contributed by atoms with Gasteiger partial charge in [0, 0.05) is 5.56 Å². The van der Waals surface area contributed by atoms with Gasteiger partial charge in [-0.25, -0.2) is 4.39 Å². The second-order valence-corrected chi connectivity index (χ2v) is 6.11. The summed E-state index contributed by atoms with van der Waals surface area (Å²) in [4.78, 5) is 21.0. The first-order chi connectivity index (χ1) is 14.4. The molecule has 2 aromatic carbocycles. The van der Waals surface area contributed by atoms with E-state index in [4.69, 9.17) is 0 Å². The van der Waals surface area contributed by atoms with Crippen molar-refractivity contribution < 1.29 is 53.6 Å². The highest BCUT2D eigenvalue weighted by Crippen LogP contribution is 2.57. The van der Waals surface area contributed by atoms with Gasteiger partial charge in [0.05, 0.1) is 16.2 Å². The zero-order valence-corrected chi connectivity index (χ0v) is 15.0. The van der Waals surface area contributed by atoms with E-state index in [0.717, 1.165) is 12.1 Å². The minimum absolute atomic E-state index is 0.127. The van der Waals surface area contributed by atoms with Gasteiger partial charge in [0.1, 0.15) is 0 Å². The van der Waals surface area contributed by atoms with E-state index < -0.39 is 63.6 Å². The minimum atomic E-state index is -6.91. The predicted octanol–water partition coefficient (Wildman–Crippen LogP) is 6.16. The molecule has 0 atom stereocenters. The smallest absolute Gasteiger partial charge is 0.321 e. The molecule has 2 rings (SSSR count). The molecule has 0 aliphatic carbocycles. The molecule has 2 aromatic rings. The number of nitrogens with zero attached hydrogens (tertiary/aromatic N) is 1. The van der Waals surface area contributed by atoms with Crippen molar-refractivity contribution in [1.29, 1.82) is 0 Å². The molecule has 0 heterocycles. The topological polar surface area (TPSA) is 72.2 Å². The van der Waals surface area contributed by atoms with Crippen LogP contribution in [0, 0.1) is 10.1 Å². The Bertz CT molecular complexity index is 1020. The van der Waals surface area contributed by atoms with E-state index in [1.807, 2.05) is 0 Å². The number of carbonyl (C=O) groups excluding carboxylic acids is 1. The van der Waals surface area contributed by atoms with Crippen LogP contribution >= 0.6 is 0 Å². The Labute approximate surface area is 170 Å². The van der Waals surface area contributed by atoms with Crippen molar-refractivity contribution in [3.63, 3.8) is 0 Å². The van der Waals surface area contributed by atoms with Gasteiger partial charge in [-0.2, -0.15) is 39.5 Å². The van der Waals surface area contributed by atoms with Gasteiger partial charge in [-0.15, -0.1) is 0 Å². The number of nitro groups is 1. The molecule has 0 unspecified atom stereocenters. The molecule has 5 nitrogen and oxygen atoms in total. The van der Waals surface area contributed by atoms with Gasteiger partial charge < -0.3 is 5.32 Å². The number of nitrogens with one attached hydrogen (secondary N) is 1.